The second-order valence-electron chi connectivity index (χ2n) is 4.72. The summed E-state index contributed by atoms with van der Waals surface area (Å²) in [6.45, 7) is 0. The zero-order valence-electron chi connectivity index (χ0n) is 12.1. The number of aromatic hydroxyl groups is 1. The van der Waals surface area contributed by atoms with E-state index in [4.69, 9.17) is 21.1 Å². The molecule has 1 heterocycles. The van der Waals surface area contributed by atoms with Gasteiger partial charge in [0.25, 0.3) is 0 Å². The van der Waals surface area contributed by atoms with E-state index in [1.54, 1.807) is 18.2 Å². The largest absolute Gasteiger partial charge is 0.504 e. The van der Waals surface area contributed by atoms with Crippen molar-refractivity contribution in [2.45, 2.75) is 0 Å². The van der Waals surface area contributed by atoms with Crippen LogP contribution in [0.2, 0.25) is 5.02 Å². The van der Waals surface area contributed by atoms with Gasteiger partial charge in [-0.25, -0.2) is 9.79 Å². The zero-order chi connectivity index (χ0) is 16.4. The summed E-state index contributed by atoms with van der Waals surface area (Å²) in [4.78, 5) is 16.2. The number of ether oxygens (including phenoxy) is 2. The van der Waals surface area contributed by atoms with Gasteiger partial charge in [0, 0.05) is 5.56 Å². The van der Waals surface area contributed by atoms with Crippen LogP contribution in [0.3, 0.4) is 0 Å². The molecule has 0 aliphatic carbocycles. The van der Waals surface area contributed by atoms with Crippen molar-refractivity contribution in [2.75, 3.05) is 7.11 Å². The Bertz CT molecular complexity index is 828. The molecule has 0 radical (unpaired) electrons. The van der Waals surface area contributed by atoms with Crippen LogP contribution in [0, 0.1) is 0 Å². The molecule has 0 fully saturated rings. The maximum absolute atomic E-state index is 12.0. The maximum atomic E-state index is 12.0. The number of carbonyl (C=O) groups excluding carboxylic acids is 1. The van der Waals surface area contributed by atoms with Gasteiger partial charge in [-0.2, -0.15) is 0 Å². The van der Waals surface area contributed by atoms with Crippen molar-refractivity contribution in [3.8, 4) is 11.5 Å². The van der Waals surface area contributed by atoms with Crippen molar-refractivity contribution in [1.29, 1.82) is 0 Å². The smallest absolute Gasteiger partial charge is 0.363 e. The highest BCUT2D eigenvalue weighted by Crippen LogP contribution is 2.37. The third-order valence-corrected chi connectivity index (χ3v) is 3.63. The van der Waals surface area contributed by atoms with Gasteiger partial charge in [-0.05, 0) is 35.9 Å². The van der Waals surface area contributed by atoms with Crippen molar-refractivity contribution < 1.29 is 19.4 Å². The number of esters is 1. The Kier molecular flexibility index (Phi) is 4.04. The van der Waals surface area contributed by atoms with Gasteiger partial charge in [-0.15, -0.1) is 0 Å². The van der Waals surface area contributed by atoms with Gasteiger partial charge < -0.3 is 14.6 Å². The maximum Gasteiger partial charge on any atom is 0.363 e. The van der Waals surface area contributed by atoms with Gasteiger partial charge in [0.2, 0.25) is 5.90 Å². The van der Waals surface area contributed by atoms with Crippen LogP contribution in [0.1, 0.15) is 11.1 Å². The van der Waals surface area contributed by atoms with Gasteiger partial charge in [0.15, 0.2) is 17.2 Å². The van der Waals surface area contributed by atoms with Crippen LogP contribution < -0.4 is 4.74 Å². The lowest BCUT2D eigenvalue weighted by molar-refractivity contribution is -0.129. The number of aliphatic imine (C=N–C) groups is 1. The van der Waals surface area contributed by atoms with Crippen LogP contribution >= 0.6 is 11.6 Å². The minimum Gasteiger partial charge on any atom is -0.504 e. The summed E-state index contributed by atoms with van der Waals surface area (Å²) < 4.78 is 10.2. The molecule has 0 atom stereocenters. The van der Waals surface area contributed by atoms with E-state index >= 15 is 0 Å². The summed E-state index contributed by atoms with van der Waals surface area (Å²) in [7, 11) is 1.40. The molecule has 0 bridgehead atoms. The summed E-state index contributed by atoms with van der Waals surface area (Å²) in [6.07, 6.45) is 1.49. The first-order valence-electron chi connectivity index (χ1n) is 6.73. The fourth-order valence-corrected chi connectivity index (χ4v) is 2.42. The third kappa shape index (κ3) is 2.91. The monoisotopic (exact) mass is 329 g/mol. The number of benzene rings is 2. The average Bonchev–Trinajstić information content (AvgIpc) is 2.92. The predicted molar refractivity (Wildman–Crippen MR) is 86.7 cm³/mol. The lowest BCUT2D eigenvalue weighted by atomic mass is 10.1. The van der Waals surface area contributed by atoms with Gasteiger partial charge in [-0.3, -0.25) is 0 Å². The number of nitrogens with zero attached hydrogens (tertiary/aromatic N) is 1. The number of carbonyl (C=O) groups is 1. The van der Waals surface area contributed by atoms with Crippen molar-refractivity contribution in [1.82, 2.24) is 0 Å². The minimum absolute atomic E-state index is 0.0814. The van der Waals surface area contributed by atoms with E-state index in [1.807, 2.05) is 18.2 Å². The van der Waals surface area contributed by atoms with Gasteiger partial charge in [0.05, 0.1) is 12.1 Å². The Hall–Kier alpha value is -2.79. The molecule has 1 aliphatic rings. The number of halogens is 1. The molecule has 0 aromatic heterocycles. The van der Waals surface area contributed by atoms with E-state index in [0.29, 0.717) is 11.1 Å². The fraction of sp³-hybridized carbons (Fsp3) is 0.0588. The first kappa shape index (κ1) is 15.1. The number of cyclic esters (lactones) is 1. The Morgan fingerprint density at radius 3 is 2.65 bits per heavy atom. The molecule has 1 N–H and O–H groups in total. The number of phenols is 1. The quantitative estimate of drug-likeness (QED) is 0.692. The van der Waals surface area contributed by atoms with E-state index < -0.39 is 5.97 Å². The van der Waals surface area contributed by atoms with E-state index in [0.717, 1.165) is 0 Å². The van der Waals surface area contributed by atoms with E-state index in [9.17, 15) is 9.90 Å². The molecule has 2 aromatic carbocycles. The van der Waals surface area contributed by atoms with Gasteiger partial charge in [0.1, 0.15) is 0 Å². The summed E-state index contributed by atoms with van der Waals surface area (Å²) in [6, 6.07) is 12.1. The first-order chi connectivity index (χ1) is 11.1. The molecule has 0 amide bonds. The number of hydrogen-bond acceptors (Lipinski definition) is 5. The third-order valence-electron chi connectivity index (χ3n) is 3.24. The van der Waals surface area contributed by atoms with Gasteiger partial charge >= 0.3 is 5.97 Å². The van der Waals surface area contributed by atoms with Crippen molar-refractivity contribution in [3.05, 3.63) is 64.3 Å². The standard InChI is InChI=1S/C17H12ClNO4/c1-22-15-13(20)8-7-11(14(15)18)9-12-17(21)23-16(19-12)10-5-3-2-4-6-10/h2-9,20H,1H3. The summed E-state index contributed by atoms with van der Waals surface area (Å²) in [5.41, 5.74) is 1.32. The second kappa shape index (κ2) is 6.14. The fourth-order valence-electron chi connectivity index (χ4n) is 2.13. The topological polar surface area (TPSA) is 68.1 Å². The van der Waals surface area contributed by atoms with Crippen LogP contribution in [-0.4, -0.2) is 24.1 Å². The number of hydrogen-bond donors (Lipinski definition) is 1. The molecule has 3 rings (SSSR count). The molecular weight excluding hydrogens is 318 g/mol. The van der Waals surface area contributed by atoms with E-state index in [-0.39, 0.29) is 28.1 Å². The van der Waals surface area contributed by atoms with Crippen LogP contribution in [0.5, 0.6) is 11.5 Å². The molecule has 23 heavy (non-hydrogen) atoms. The molecular formula is C17H12ClNO4. The highest BCUT2D eigenvalue weighted by Gasteiger charge is 2.24. The Labute approximate surface area is 137 Å². The van der Waals surface area contributed by atoms with Crippen LogP contribution in [0.15, 0.2) is 53.2 Å². The number of phenolic OH excluding ortho intramolecular Hbond substituents is 1. The van der Waals surface area contributed by atoms with Gasteiger partial charge in [-0.1, -0.05) is 29.8 Å². The molecule has 1 aliphatic heterocycles. The Balaban J connectivity index is 2.00. The molecule has 5 nitrogen and oxygen atoms in total. The minimum atomic E-state index is -0.563. The molecule has 0 spiro atoms. The van der Waals surface area contributed by atoms with Crippen molar-refractivity contribution >= 4 is 29.5 Å². The summed E-state index contributed by atoms with van der Waals surface area (Å²) in [5.74, 6) is -0.266. The van der Waals surface area contributed by atoms with Crippen molar-refractivity contribution in [3.63, 3.8) is 0 Å². The molecule has 6 heteroatoms. The van der Waals surface area contributed by atoms with Crippen LogP contribution in [0.25, 0.3) is 6.08 Å². The van der Waals surface area contributed by atoms with Crippen LogP contribution in [0.4, 0.5) is 0 Å². The van der Waals surface area contributed by atoms with Crippen LogP contribution in [-0.2, 0) is 9.53 Å². The lowest BCUT2D eigenvalue weighted by Gasteiger charge is -2.07. The molecule has 0 saturated carbocycles. The molecule has 0 unspecified atom stereocenters. The SMILES string of the molecule is COc1c(O)ccc(C=C2N=C(c3ccccc3)OC2=O)c1Cl. The second-order valence-corrected chi connectivity index (χ2v) is 5.10. The average molecular weight is 330 g/mol. The summed E-state index contributed by atoms with van der Waals surface area (Å²) in [5, 5.41) is 9.86. The first-order valence-corrected chi connectivity index (χ1v) is 7.11. The molecule has 2 aromatic rings. The predicted octanol–water partition coefficient (Wildman–Crippen LogP) is 3.40. The van der Waals surface area contributed by atoms with Crippen molar-refractivity contribution in [2.24, 2.45) is 4.99 Å². The van der Waals surface area contributed by atoms with E-state index in [2.05, 4.69) is 4.99 Å². The zero-order valence-corrected chi connectivity index (χ0v) is 12.9. The lowest BCUT2D eigenvalue weighted by Crippen LogP contribution is -2.04. The molecule has 0 saturated heterocycles. The number of rotatable bonds is 3. The molecule has 116 valence electrons. The highest BCUT2D eigenvalue weighted by atomic mass is 35.5. The Morgan fingerprint density at radius 2 is 1.96 bits per heavy atom. The summed E-state index contributed by atoms with van der Waals surface area (Å²) >= 11 is 6.16. The normalized spacial score (nSPS) is 15.5. The van der Waals surface area contributed by atoms with E-state index in [1.165, 1.54) is 19.3 Å². The number of methoxy groups -OCH3 is 1. The highest BCUT2D eigenvalue weighted by molar-refractivity contribution is 6.34. The Morgan fingerprint density at radius 1 is 1.22 bits per heavy atom.